The van der Waals surface area contributed by atoms with Crippen molar-refractivity contribution in [3.63, 3.8) is 0 Å². The van der Waals surface area contributed by atoms with Crippen LogP contribution in [0.4, 0.5) is 11.5 Å². The topological polar surface area (TPSA) is 76.3 Å². The molecule has 3 N–H and O–H groups in total. The number of rotatable bonds is 4. The Labute approximate surface area is 112 Å². The Morgan fingerprint density at radius 3 is 2.68 bits per heavy atom. The molecule has 2 rings (SSSR count). The summed E-state index contributed by atoms with van der Waals surface area (Å²) in [4.78, 5) is 10.3. The molecule has 100 valence electrons. The van der Waals surface area contributed by atoms with E-state index in [2.05, 4.69) is 15.4 Å². The fraction of sp³-hybridized carbons (Fsp3) is 0.231. The van der Waals surface area contributed by atoms with E-state index in [-0.39, 0.29) is 0 Å². The third-order valence-corrected chi connectivity index (χ3v) is 2.52. The lowest BCUT2D eigenvalue weighted by Gasteiger charge is -2.14. The molecule has 0 fully saturated rings. The summed E-state index contributed by atoms with van der Waals surface area (Å²) in [5, 5.41) is 0. The zero-order chi connectivity index (χ0) is 13.8. The van der Waals surface area contributed by atoms with Gasteiger partial charge in [-0.15, -0.1) is 0 Å². The lowest BCUT2D eigenvalue weighted by molar-refractivity contribution is 0.460. The summed E-state index contributed by atoms with van der Waals surface area (Å²) in [5.41, 5.74) is 3.54. The highest BCUT2D eigenvalue weighted by Crippen LogP contribution is 2.25. The molecule has 0 unspecified atom stereocenters. The van der Waals surface area contributed by atoms with Crippen LogP contribution in [0.25, 0.3) is 0 Å². The van der Waals surface area contributed by atoms with Crippen molar-refractivity contribution in [3.05, 3.63) is 36.2 Å². The molecule has 1 aromatic carbocycles. The van der Waals surface area contributed by atoms with Crippen molar-refractivity contribution in [2.45, 2.75) is 6.92 Å². The van der Waals surface area contributed by atoms with Gasteiger partial charge in [0.15, 0.2) is 0 Å². The van der Waals surface area contributed by atoms with Crippen LogP contribution >= 0.6 is 0 Å². The van der Waals surface area contributed by atoms with Crippen molar-refractivity contribution in [1.82, 2.24) is 9.97 Å². The maximum absolute atomic E-state index is 5.72. The van der Waals surface area contributed by atoms with Crippen LogP contribution < -0.4 is 20.9 Å². The fourth-order valence-corrected chi connectivity index (χ4v) is 1.61. The molecule has 6 nitrogen and oxygen atoms in total. The highest BCUT2D eigenvalue weighted by atomic mass is 16.5. The number of benzene rings is 1. The number of aromatic nitrogens is 2. The number of nitrogens with zero attached hydrogens (tertiary/aromatic N) is 3. The van der Waals surface area contributed by atoms with E-state index in [1.54, 1.807) is 13.0 Å². The van der Waals surface area contributed by atoms with Crippen LogP contribution in [0.1, 0.15) is 5.82 Å². The maximum Gasteiger partial charge on any atom is 0.224 e. The fourth-order valence-electron chi connectivity index (χ4n) is 1.61. The average molecular weight is 259 g/mol. The van der Waals surface area contributed by atoms with Gasteiger partial charge in [0.25, 0.3) is 0 Å². The van der Waals surface area contributed by atoms with E-state index >= 15 is 0 Å². The molecule has 19 heavy (non-hydrogen) atoms. The van der Waals surface area contributed by atoms with Crippen LogP contribution in [0, 0.1) is 6.92 Å². The van der Waals surface area contributed by atoms with Gasteiger partial charge in [0.1, 0.15) is 17.4 Å². The molecule has 6 heteroatoms. The molecule has 0 amide bonds. The second kappa shape index (κ2) is 5.53. The first kappa shape index (κ1) is 13.1. The van der Waals surface area contributed by atoms with Crippen LogP contribution in [0.15, 0.2) is 30.3 Å². The molecule has 0 atom stereocenters. The van der Waals surface area contributed by atoms with Crippen LogP contribution in [0.5, 0.6) is 11.6 Å². The molecule has 0 bridgehead atoms. The number of nitrogen functional groups attached to an aromatic ring is 1. The number of anilines is 2. The minimum absolute atomic E-state index is 0.455. The summed E-state index contributed by atoms with van der Waals surface area (Å²) in [7, 11) is 3.95. The zero-order valence-electron chi connectivity index (χ0n) is 11.2. The van der Waals surface area contributed by atoms with Gasteiger partial charge in [0.2, 0.25) is 5.88 Å². The van der Waals surface area contributed by atoms with E-state index < -0.39 is 0 Å². The van der Waals surface area contributed by atoms with E-state index in [0.717, 1.165) is 5.69 Å². The van der Waals surface area contributed by atoms with Gasteiger partial charge >= 0.3 is 0 Å². The summed E-state index contributed by atoms with van der Waals surface area (Å²) < 4.78 is 5.72. The summed E-state index contributed by atoms with van der Waals surface area (Å²) in [6.07, 6.45) is 0. The third-order valence-electron chi connectivity index (χ3n) is 2.52. The summed E-state index contributed by atoms with van der Waals surface area (Å²) in [5.74, 6) is 7.62. The minimum Gasteiger partial charge on any atom is -0.439 e. The molecular weight excluding hydrogens is 242 g/mol. The standard InChI is InChI=1S/C13H17N5O/c1-9-15-12(17-14)8-13(16-9)19-11-6-4-5-10(7-11)18(2)3/h4-8H,14H2,1-3H3,(H,15,16,17). The average Bonchev–Trinajstić information content (AvgIpc) is 2.38. The lowest BCUT2D eigenvalue weighted by atomic mass is 10.3. The zero-order valence-corrected chi connectivity index (χ0v) is 11.2. The molecule has 0 aliphatic carbocycles. The number of hydrogen-bond donors (Lipinski definition) is 2. The van der Waals surface area contributed by atoms with Crippen molar-refractivity contribution in [2.24, 2.45) is 5.84 Å². The van der Waals surface area contributed by atoms with E-state index in [0.29, 0.717) is 23.3 Å². The monoisotopic (exact) mass is 259 g/mol. The molecule has 0 aliphatic rings. The SMILES string of the molecule is Cc1nc(NN)cc(Oc2cccc(N(C)C)c2)n1. The molecule has 0 spiro atoms. The Balaban J connectivity index is 2.25. The molecule has 2 aromatic rings. The Morgan fingerprint density at radius 2 is 2.00 bits per heavy atom. The van der Waals surface area contributed by atoms with Gasteiger partial charge in [-0.2, -0.15) is 4.98 Å². The van der Waals surface area contributed by atoms with Crippen molar-refractivity contribution >= 4 is 11.5 Å². The smallest absolute Gasteiger partial charge is 0.224 e. The minimum atomic E-state index is 0.455. The Kier molecular flexibility index (Phi) is 3.82. The Bertz CT molecular complexity index is 571. The highest BCUT2D eigenvalue weighted by molar-refractivity contribution is 5.50. The van der Waals surface area contributed by atoms with Crippen molar-refractivity contribution in [3.8, 4) is 11.6 Å². The molecular formula is C13H17N5O. The summed E-state index contributed by atoms with van der Waals surface area (Å²) >= 11 is 0. The molecule has 0 saturated carbocycles. The van der Waals surface area contributed by atoms with Gasteiger partial charge in [-0.25, -0.2) is 10.8 Å². The lowest BCUT2D eigenvalue weighted by Crippen LogP contribution is -2.10. The number of hydrogen-bond acceptors (Lipinski definition) is 6. The summed E-state index contributed by atoms with van der Waals surface area (Å²) in [6, 6.07) is 9.40. The third kappa shape index (κ3) is 3.32. The maximum atomic E-state index is 5.72. The van der Waals surface area contributed by atoms with E-state index in [4.69, 9.17) is 10.6 Å². The second-order valence-corrected chi connectivity index (χ2v) is 4.28. The van der Waals surface area contributed by atoms with Gasteiger partial charge < -0.3 is 15.1 Å². The van der Waals surface area contributed by atoms with E-state index in [1.165, 1.54) is 0 Å². The van der Waals surface area contributed by atoms with Gasteiger partial charge in [-0.3, -0.25) is 0 Å². The van der Waals surface area contributed by atoms with E-state index in [9.17, 15) is 0 Å². The normalized spacial score (nSPS) is 10.1. The predicted octanol–water partition coefficient (Wildman–Crippen LogP) is 1.93. The Morgan fingerprint density at radius 1 is 1.21 bits per heavy atom. The first-order chi connectivity index (χ1) is 9.08. The molecule has 0 radical (unpaired) electrons. The molecule has 1 aromatic heterocycles. The highest BCUT2D eigenvalue weighted by Gasteiger charge is 2.04. The number of aryl methyl sites for hydroxylation is 1. The summed E-state index contributed by atoms with van der Waals surface area (Å²) in [6.45, 7) is 1.78. The van der Waals surface area contributed by atoms with Crippen LogP contribution in [-0.4, -0.2) is 24.1 Å². The molecule has 0 aliphatic heterocycles. The van der Waals surface area contributed by atoms with Crippen molar-refractivity contribution < 1.29 is 4.74 Å². The number of nitrogens with two attached hydrogens (primary N) is 1. The quantitative estimate of drug-likeness (QED) is 0.645. The van der Waals surface area contributed by atoms with Crippen LogP contribution in [0.3, 0.4) is 0 Å². The first-order valence-corrected chi connectivity index (χ1v) is 5.86. The van der Waals surface area contributed by atoms with Crippen LogP contribution in [-0.2, 0) is 0 Å². The van der Waals surface area contributed by atoms with Crippen LogP contribution in [0.2, 0.25) is 0 Å². The molecule has 1 heterocycles. The van der Waals surface area contributed by atoms with Crippen molar-refractivity contribution in [2.75, 3.05) is 24.4 Å². The molecule has 0 saturated heterocycles. The van der Waals surface area contributed by atoms with E-state index in [1.807, 2.05) is 43.3 Å². The van der Waals surface area contributed by atoms with Gasteiger partial charge in [0, 0.05) is 31.9 Å². The number of nitrogens with one attached hydrogen (secondary N) is 1. The Hall–Kier alpha value is -2.34. The number of hydrazine groups is 1. The van der Waals surface area contributed by atoms with Gasteiger partial charge in [-0.1, -0.05) is 6.07 Å². The van der Waals surface area contributed by atoms with Gasteiger partial charge in [0.05, 0.1) is 0 Å². The second-order valence-electron chi connectivity index (χ2n) is 4.28. The van der Waals surface area contributed by atoms with Gasteiger partial charge in [-0.05, 0) is 19.1 Å². The largest absolute Gasteiger partial charge is 0.439 e. The van der Waals surface area contributed by atoms with Crippen molar-refractivity contribution in [1.29, 1.82) is 0 Å². The number of ether oxygens (including phenoxy) is 1. The predicted molar refractivity (Wildman–Crippen MR) is 75.4 cm³/mol. The first-order valence-electron chi connectivity index (χ1n) is 5.86.